The summed E-state index contributed by atoms with van der Waals surface area (Å²) >= 11 is 3.21. The summed E-state index contributed by atoms with van der Waals surface area (Å²) in [5, 5.41) is 24.5. The zero-order valence-corrected chi connectivity index (χ0v) is 30.0. The zero-order chi connectivity index (χ0) is 35.6. The molecule has 1 saturated heterocycles. The summed E-state index contributed by atoms with van der Waals surface area (Å²) < 4.78 is 19.0. The highest BCUT2D eigenvalue weighted by molar-refractivity contribution is 8.01. The van der Waals surface area contributed by atoms with Crippen molar-refractivity contribution in [3.05, 3.63) is 136 Å². The molecule has 1 fully saturated rings. The predicted octanol–water partition coefficient (Wildman–Crippen LogP) is 6.93. The highest BCUT2D eigenvalue weighted by atomic mass is 32.2. The monoisotopic (exact) mass is 724 g/mol. The number of urea groups is 1. The number of ether oxygens (including phenoxy) is 3. The van der Waals surface area contributed by atoms with Gasteiger partial charge in [0.05, 0.1) is 25.9 Å². The number of aryl methyl sites for hydroxylation is 1. The van der Waals surface area contributed by atoms with Crippen molar-refractivity contribution < 1.29 is 28.9 Å². The first-order valence-electron chi connectivity index (χ1n) is 16.7. The van der Waals surface area contributed by atoms with Crippen molar-refractivity contribution in [1.29, 1.82) is 0 Å². The lowest BCUT2D eigenvalue weighted by Gasteiger charge is -2.36. The van der Waals surface area contributed by atoms with E-state index in [0.717, 1.165) is 48.3 Å². The minimum atomic E-state index is -0.818. The number of benzene rings is 4. The van der Waals surface area contributed by atoms with E-state index in [9.17, 15) is 14.7 Å². The Morgan fingerprint density at radius 1 is 0.902 bits per heavy atom. The number of rotatable bonds is 13. The molecule has 4 aromatic carbocycles. The zero-order valence-electron chi connectivity index (χ0n) is 28.4. The number of hydrogen-bond acceptors (Lipinski definition) is 10. The molecule has 4 unspecified atom stereocenters. The van der Waals surface area contributed by atoms with E-state index in [1.807, 2.05) is 104 Å². The van der Waals surface area contributed by atoms with Crippen LogP contribution in [-0.4, -0.2) is 52.3 Å². The van der Waals surface area contributed by atoms with Gasteiger partial charge in [-0.05, 0) is 52.4 Å². The molecule has 0 aliphatic carbocycles. The Balaban J connectivity index is 1.13. The minimum Gasteiger partial charge on any atom is -0.467 e. The third kappa shape index (κ3) is 10.0. The van der Waals surface area contributed by atoms with Crippen LogP contribution in [0.2, 0.25) is 0 Å². The lowest BCUT2D eigenvalue weighted by atomic mass is 9.99. The lowest BCUT2D eigenvalue weighted by molar-refractivity contribution is -0.245. The molecule has 0 radical (unpaired) electrons. The van der Waals surface area contributed by atoms with Crippen LogP contribution in [0.4, 0.5) is 4.79 Å². The quantitative estimate of drug-likeness (QED) is 0.0874. The van der Waals surface area contributed by atoms with E-state index in [4.69, 9.17) is 14.2 Å². The molecule has 1 aliphatic heterocycles. The normalized spacial score (nSPS) is 17.7. The van der Waals surface area contributed by atoms with Crippen molar-refractivity contribution >= 4 is 35.1 Å². The molecule has 2 heterocycles. The number of hydrogen-bond donors (Lipinski definition) is 3. The van der Waals surface area contributed by atoms with Gasteiger partial charge in [0, 0.05) is 30.7 Å². The number of carbonyl (C=O) groups is 2. The number of esters is 1. The standard InChI is InChI=1S/C39H40N4O6S2/c1-25-42-43-39(51-25)50-24-33-21-35(29-16-14-27(23-44)15-17-29)49-37(48-33)32-13-7-12-31(20-32)30-11-6-10-28(18-30)22-40-38(46)41-34(36(45)47-2)19-26-8-4-3-5-9-26/h3-18,20,33-35,37,44H,19,21-24H2,1-2H3,(H2,40,41,46). The largest absolute Gasteiger partial charge is 0.467 e. The van der Waals surface area contributed by atoms with Crippen molar-refractivity contribution in [3.63, 3.8) is 0 Å². The second kappa shape index (κ2) is 17.6. The van der Waals surface area contributed by atoms with Gasteiger partial charge in [-0.25, -0.2) is 9.59 Å². The van der Waals surface area contributed by atoms with Crippen LogP contribution in [0, 0.1) is 6.92 Å². The molecule has 0 bridgehead atoms. The van der Waals surface area contributed by atoms with Crippen LogP contribution in [0.1, 0.15) is 51.6 Å². The lowest BCUT2D eigenvalue weighted by Crippen LogP contribution is -2.47. The first kappa shape index (κ1) is 36.2. The first-order valence-corrected chi connectivity index (χ1v) is 18.5. The van der Waals surface area contributed by atoms with E-state index < -0.39 is 24.3 Å². The van der Waals surface area contributed by atoms with E-state index in [1.54, 1.807) is 23.1 Å². The van der Waals surface area contributed by atoms with Crippen LogP contribution in [0.5, 0.6) is 0 Å². The van der Waals surface area contributed by atoms with Gasteiger partial charge >= 0.3 is 12.0 Å². The van der Waals surface area contributed by atoms with Crippen LogP contribution in [-0.2, 0) is 38.6 Å². The number of methoxy groups -OCH3 is 1. The Labute approximate surface area is 305 Å². The van der Waals surface area contributed by atoms with Gasteiger partial charge in [0.2, 0.25) is 0 Å². The van der Waals surface area contributed by atoms with Gasteiger partial charge in [-0.15, -0.1) is 10.2 Å². The van der Waals surface area contributed by atoms with Gasteiger partial charge in [0.25, 0.3) is 0 Å². The van der Waals surface area contributed by atoms with Crippen molar-refractivity contribution in [2.24, 2.45) is 0 Å². The molecule has 4 atom stereocenters. The fraction of sp³-hybridized carbons (Fsp3) is 0.282. The van der Waals surface area contributed by atoms with Gasteiger partial charge in [-0.1, -0.05) is 114 Å². The van der Waals surface area contributed by atoms with Crippen molar-refractivity contribution in [2.75, 3.05) is 12.9 Å². The summed E-state index contributed by atoms with van der Waals surface area (Å²) in [6.45, 7) is 2.19. The van der Waals surface area contributed by atoms with Gasteiger partial charge in [0.1, 0.15) is 11.0 Å². The molecule has 0 saturated carbocycles. The maximum atomic E-state index is 12.9. The van der Waals surface area contributed by atoms with Crippen LogP contribution in [0.15, 0.2) is 107 Å². The minimum absolute atomic E-state index is 0.0139. The third-order valence-corrected chi connectivity index (χ3v) is 10.6. The van der Waals surface area contributed by atoms with E-state index in [0.29, 0.717) is 18.6 Å². The molecule has 6 rings (SSSR count). The Morgan fingerprint density at radius 2 is 1.65 bits per heavy atom. The Hall–Kier alpha value is -4.59. The van der Waals surface area contributed by atoms with Crippen LogP contribution >= 0.6 is 23.1 Å². The number of nitrogens with zero attached hydrogens (tertiary/aromatic N) is 2. The summed E-state index contributed by atoms with van der Waals surface area (Å²) in [5.41, 5.74) is 6.52. The smallest absolute Gasteiger partial charge is 0.328 e. The first-order chi connectivity index (χ1) is 24.9. The molecular weight excluding hydrogens is 685 g/mol. The van der Waals surface area contributed by atoms with Gasteiger partial charge in [0.15, 0.2) is 10.6 Å². The third-order valence-electron chi connectivity index (χ3n) is 8.46. The summed E-state index contributed by atoms with van der Waals surface area (Å²) in [6, 6.07) is 32.1. The highest BCUT2D eigenvalue weighted by Crippen LogP contribution is 2.40. The molecule has 1 aromatic heterocycles. The fourth-order valence-electron chi connectivity index (χ4n) is 5.83. The van der Waals surface area contributed by atoms with Gasteiger partial charge in [-0.3, -0.25) is 0 Å². The van der Waals surface area contributed by atoms with Crippen molar-refractivity contribution in [2.45, 2.75) is 61.8 Å². The molecule has 12 heteroatoms. The number of aliphatic hydroxyl groups excluding tert-OH is 1. The molecule has 3 N–H and O–H groups in total. The molecule has 10 nitrogen and oxygen atoms in total. The average molecular weight is 725 g/mol. The number of carbonyl (C=O) groups excluding carboxylic acids is 2. The van der Waals surface area contributed by atoms with E-state index in [1.165, 1.54) is 7.11 Å². The number of nitrogens with one attached hydrogen (secondary N) is 2. The Bertz CT molecular complexity index is 1910. The number of amides is 2. The summed E-state index contributed by atoms with van der Waals surface area (Å²) in [6.07, 6.45) is 0.0927. The van der Waals surface area contributed by atoms with Crippen LogP contribution < -0.4 is 10.6 Å². The van der Waals surface area contributed by atoms with E-state index >= 15 is 0 Å². The summed E-state index contributed by atoms with van der Waals surface area (Å²) in [4.78, 5) is 25.2. The Morgan fingerprint density at radius 3 is 2.37 bits per heavy atom. The maximum absolute atomic E-state index is 12.9. The van der Waals surface area contributed by atoms with E-state index in [-0.39, 0.29) is 25.4 Å². The fourth-order valence-corrected chi connectivity index (χ4v) is 7.69. The average Bonchev–Trinajstić information content (AvgIpc) is 3.60. The van der Waals surface area contributed by atoms with Crippen molar-refractivity contribution in [3.8, 4) is 11.1 Å². The highest BCUT2D eigenvalue weighted by Gasteiger charge is 2.32. The second-order valence-electron chi connectivity index (χ2n) is 12.2. The molecular formula is C39H40N4O6S2. The molecule has 2 amide bonds. The molecule has 1 aliphatic rings. The topological polar surface area (TPSA) is 132 Å². The maximum Gasteiger partial charge on any atom is 0.328 e. The Kier molecular flexibility index (Phi) is 12.5. The van der Waals surface area contributed by atoms with Crippen LogP contribution in [0.3, 0.4) is 0 Å². The summed E-state index contributed by atoms with van der Waals surface area (Å²) in [5.74, 6) is 0.194. The number of aromatic nitrogens is 2. The summed E-state index contributed by atoms with van der Waals surface area (Å²) in [7, 11) is 1.31. The van der Waals surface area contributed by atoms with E-state index in [2.05, 4.69) is 26.9 Å². The SMILES string of the molecule is COC(=O)C(Cc1ccccc1)NC(=O)NCc1cccc(-c2cccc(C3OC(CSc4nnc(C)s4)CC(c4ccc(CO)cc4)O3)c2)c1. The molecule has 5 aromatic rings. The molecule has 0 spiro atoms. The number of thioether (sulfide) groups is 1. The number of aliphatic hydroxyl groups is 1. The van der Waals surface area contributed by atoms with Gasteiger partial charge in [-0.2, -0.15) is 0 Å². The second-order valence-corrected chi connectivity index (χ2v) is 14.6. The van der Waals surface area contributed by atoms with Crippen molar-refractivity contribution in [1.82, 2.24) is 20.8 Å². The molecule has 264 valence electrons. The van der Waals surface area contributed by atoms with Gasteiger partial charge < -0.3 is 30.0 Å². The molecule has 51 heavy (non-hydrogen) atoms. The van der Waals surface area contributed by atoms with Crippen LogP contribution in [0.25, 0.3) is 11.1 Å². The predicted molar refractivity (Wildman–Crippen MR) is 197 cm³/mol.